The van der Waals surface area contributed by atoms with Gasteiger partial charge >= 0.3 is 0 Å². The van der Waals surface area contributed by atoms with E-state index in [1.54, 1.807) is 20.2 Å². The molecule has 1 N–H and O–H groups in total. The number of aromatic nitrogens is 3. The van der Waals surface area contributed by atoms with E-state index in [1.165, 1.54) is 0 Å². The van der Waals surface area contributed by atoms with Gasteiger partial charge in [-0.25, -0.2) is 18.1 Å². The summed E-state index contributed by atoms with van der Waals surface area (Å²) in [5.41, 5.74) is 3.01. The second kappa shape index (κ2) is 5.22. The van der Waals surface area contributed by atoms with Crippen LogP contribution < -0.4 is 4.72 Å². The molecule has 0 bridgehead atoms. The summed E-state index contributed by atoms with van der Waals surface area (Å²) in [7, 11) is -1.74. The average Bonchev–Trinajstić information content (AvgIpc) is 3.00. The van der Waals surface area contributed by atoms with Crippen molar-refractivity contribution < 1.29 is 12.9 Å². The van der Waals surface area contributed by atoms with E-state index in [0.29, 0.717) is 5.69 Å². The summed E-state index contributed by atoms with van der Waals surface area (Å²) in [5, 5.41) is 3.67. The molecule has 0 atom stereocenters. The highest BCUT2D eigenvalue weighted by Crippen LogP contribution is 2.19. The molecule has 2 aromatic heterocycles. The van der Waals surface area contributed by atoms with Crippen molar-refractivity contribution in [3.8, 4) is 0 Å². The minimum Gasteiger partial charge on any atom is -0.360 e. The highest BCUT2D eigenvalue weighted by molar-refractivity contribution is 7.89. The van der Waals surface area contributed by atoms with E-state index in [0.717, 1.165) is 16.6 Å². The van der Waals surface area contributed by atoms with Gasteiger partial charge < -0.3 is 9.09 Å². The number of rotatable bonds is 4. The summed E-state index contributed by atoms with van der Waals surface area (Å²) in [6.07, 6.45) is 1.72. The second-order valence-electron chi connectivity index (χ2n) is 5.16. The molecule has 0 aliphatic heterocycles. The molecule has 1 aromatic carbocycles. The maximum Gasteiger partial charge on any atom is 0.246 e. The lowest BCUT2D eigenvalue weighted by molar-refractivity contribution is 0.390. The van der Waals surface area contributed by atoms with E-state index in [9.17, 15) is 8.42 Å². The van der Waals surface area contributed by atoms with Crippen LogP contribution in [0.15, 0.2) is 33.9 Å². The van der Waals surface area contributed by atoms with Crippen molar-refractivity contribution in [3.63, 3.8) is 0 Å². The minimum absolute atomic E-state index is 0.103. The number of hydrogen-bond acceptors (Lipinski definition) is 5. The van der Waals surface area contributed by atoms with E-state index in [-0.39, 0.29) is 17.2 Å². The molecule has 7 nitrogen and oxygen atoms in total. The van der Waals surface area contributed by atoms with Crippen LogP contribution in [-0.4, -0.2) is 23.1 Å². The van der Waals surface area contributed by atoms with Crippen molar-refractivity contribution in [2.45, 2.75) is 25.3 Å². The molecule has 0 unspecified atom stereocenters. The Morgan fingerprint density at radius 1 is 1.32 bits per heavy atom. The van der Waals surface area contributed by atoms with E-state index in [2.05, 4.69) is 14.9 Å². The number of aryl methyl sites for hydroxylation is 3. The van der Waals surface area contributed by atoms with Crippen LogP contribution in [-0.2, 0) is 23.6 Å². The first-order valence-electron chi connectivity index (χ1n) is 6.71. The largest absolute Gasteiger partial charge is 0.360 e. The Labute approximate surface area is 128 Å². The van der Waals surface area contributed by atoms with E-state index in [4.69, 9.17) is 4.52 Å². The standard InChI is InChI=1S/C14H16N4O3S/c1-9-14(10(2)21-17-9)22(19,20)16-7-11-4-5-13-12(6-11)15-8-18(13)3/h4-6,8,16H,7H2,1-3H3. The molecular formula is C14H16N4O3S. The van der Waals surface area contributed by atoms with Crippen LogP contribution in [0.25, 0.3) is 11.0 Å². The molecule has 3 aromatic rings. The van der Waals surface area contributed by atoms with E-state index >= 15 is 0 Å². The first-order chi connectivity index (χ1) is 10.4. The van der Waals surface area contributed by atoms with Gasteiger partial charge in [0.1, 0.15) is 10.6 Å². The number of sulfonamides is 1. The van der Waals surface area contributed by atoms with Gasteiger partial charge in [0.15, 0.2) is 5.76 Å². The predicted molar refractivity (Wildman–Crippen MR) is 80.7 cm³/mol. The average molecular weight is 320 g/mol. The summed E-state index contributed by atoms with van der Waals surface area (Å²) < 4.78 is 34.1. The number of fused-ring (bicyclic) bond motifs is 1. The molecule has 0 saturated carbocycles. The van der Waals surface area contributed by atoms with Crippen LogP contribution in [0.4, 0.5) is 0 Å². The van der Waals surface area contributed by atoms with Gasteiger partial charge in [-0.2, -0.15) is 0 Å². The van der Waals surface area contributed by atoms with Gasteiger partial charge in [-0.1, -0.05) is 11.2 Å². The van der Waals surface area contributed by atoms with Crippen molar-refractivity contribution in [2.24, 2.45) is 7.05 Å². The topological polar surface area (TPSA) is 90.0 Å². The Morgan fingerprint density at radius 2 is 2.09 bits per heavy atom. The van der Waals surface area contributed by atoms with Gasteiger partial charge in [0.2, 0.25) is 10.0 Å². The maximum absolute atomic E-state index is 12.3. The summed E-state index contributed by atoms with van der Waals surface area (Å²) in [4.78, 5) is 4.37. The Hall–Kier alpha value is -2.19. The predicted octanol–water partition coefficient (Wildman–Crippen LogP) is 1.66. The third kappa shape index (κ3) is 2.51. The van der Waals surface area contributed by atoms with E-state index < -0.39 is 10.0 Å². The lowest BCUT2D eigenvalue weighted by Crippen LogP contribution is -2.24. The first kappa shape index (κ1) is 14.7. The molecule has 0 saturated heterocycles. The number of benzene rings is 1. The smallest absolute Gasteiger partial charge is 0.246 e. The monoisotopic (exact) mass is 320 g/mol. The molecule has 0 amide bonds. The summed E-state index contributed by atoms with van der Waals surface area (Å²) in [5.74, 6) is 0.283. The number of nitrogens with one attached hydrogen (secondary N) is 1. The third-order valence-corrected chi connectivity index (χ3v) is 5.14. The number of imidazole rings is 1. The second-order valence-corrected chi connectivity index (χ2v) is 6.86. The van der Waals surface area contributed by atoms with Gasteiger partial charge in [-0.05, 0) is 31.5 Å². The summed E-state index contributed by atoms with van der Waals surface area (Å²) >= 11 is 0. The summed E-state index contributed by atoms with van der Waals surface area (Å²) in [6.45, 7) is 3.36. The lowest BCUT2D eigenvalue weighted by atomic mass is 10.2. The van der Waals surface area contributed by atoms with Gasteiger partial charge in [0, 0.05) is 13.6 Å². The van der Waals surface area contributed by atoms with Gasteiger partial charge in [0.25, 0.3) is 0 Å². The molecule has 0 aliphatic carbocycles. The fourth-order valence-electron chi connectivity index (χ4n) is 2.40. The lowest BCUT2D eigenvalue weighted by Gasteiger charge is -2.06. The molecule has 0 radical (unpaired) electrons. The zero-order valence-corrected chi connectivity index (χ0v) is 13.3. The maximum atomic E-state index is 12.3. The van der Waals surface area contributed by atoms with Crippen molar-refractivity contribution in [1.29, 1.82) is 0 Å². The minimum atomic E-state index is -3.66. The molecule has 0 aliphatic rings. The van der Waals surface area contributed by atoms with Gasteiger partial charge in [-0.15, -0.1) is 0 Å². The molecule has 3 rings (SSSR count). The summed E-state index contributed by atoms with van der Waals surface area (Å²) in [6, 6.07) is 5.66. The van der Waals surface area contributed by atoms with Crippen molar-refractivity contribution in [2.75, 3.05) is 0 Å². The van der Waals surface area contributed by atoms with Crippen LogP contribution >= 0.6 is 0 Å². The molecule has 2 heterocycles. The van der Waals surface area contributed by atoms with E-state index in [1.807, 2.05) is 29.8 Å². The SMILES string of the molecule is Cc1noc(C)c1S(=O)(=O)NCc1ccc2c(c1)ncn2C. The zero-order chi connectivity index (χ0) is 15.9. The Balaban J connectivity index is 1.84. The highest BCUT2D eigenvalue weighted by atomic mass is 32.2. The fourth-order valence-corrected chi connectivity index (χ4v) is 3.74. The normalized spacial score (nSPS) is 12.1. The highest BCUT2D eigenvalue weighted by Gasteiger charge is 2.23. The Morgan fingerprint density at radius 3 is 2.77 bits per heavy atom. The Bertz CT molecular complexity index is 921. The van der Waals surface area contributed by atoms with Gasteiger partial charge in [-0.3, -0.25) is 0 Å². The zero-order valence-electron chi connectivity index (χ0n) is 12.5. The van der Waals surface area contributed by atoms with Crippen molar-refractivity contribution in [3.05, 3.63) is 41.5 Å². The molecule has 0 spiro atoms. The van der Waals surface area contributed by atoms with Crippen LogP contribution in [0.2, 0.25) is 0 Å². The molecule has 0 fully saturated rings. The van der Waals surface area contributed by atoms with Crippen LogP contribution in [0, 0.1) is 13.8 Å². The van der Waals surface area contributed by atoms with Crippen molar-refractivity contribution in [1.82, 2.24) is 19.4 Å². The number of nitrogens with zero attached hydrogens (tertiary/aromatic N) is 3. The molecule has 116 valence electrons. The fraction of sp³-hybridized carbons (Fsp3) is 0.286. The first-order valence-corrected chi connectivity index (χ1v) is 8.19. The third-order valence-electron chi connectivity index (χ3n) is 3.49. The quantitative estimate of drug-likeness (QED) is 0.789. The number of hydrogen-bond donors (Lipinski definition) is 1. The Kier molecular flexibility index (Phi) is 3.50. The molecule has 22 heavy (non-hydrogen) atoms. The van der Waals surface area contributed by atoms with Crippen molar-refractivity contribution >= 4 is 21.1 Å². The van der Waals surface area contributed by atoms with Gasteiger partial charge in [0.05, 0.1) is 17.4 Å². The van der Waals surface area contributed by atoms with Crippen LogP contribution in [0.3, 0.4) is 0 Å². The molecule has 8 heteroatoms. The van der Waals surface area contributed by atoms with Crippen LogP contribution in [0.1, 0.15) is 17.0 Å². The molecular weight excluding hydrogens is 304 g/mol. The van der Waals surface area contributed by atoms with Crippen LogP contribution in [0.5, 0.6) is 0 Å².